The summed E-state index contributed by atoms with van der Waals surface area (Å²) in [6, 6.07) is -0.395. The van der Waals surface area contributed by atoms with E-state index in [0.29, 0.717) is 11.8 Å². The fourth-order valence-electron chi connectivity index (χ4n) is 3.56. The molecule has 3 N–H and O–H groups in total. The second kappa shape index (κ2) is 4.81. The van der Waals surface area contributed by atoms with Gasteiger partial charge in [-0.05, 0) is 38.0 Å². The van der Waals surface area contributed by atoms with Gasteiger partial charge in [0.05, 0.1) is 11.7 Å². The van der Waals surface area contributed by atoms with Gasteiger partial charge in [0.2, 0.25) is 5.91 Å². The van der Waals surface area contributed by atoms with Crippen LogP contribution in [0.1, 0.15) is 26.2 Å². The van der Waals surface area contributed by atoms with Gasteiger partial charge in [-0.3, -0.25) is 4.79 Å². The summed E-state index contributed by atoms with van der Waals surface area (Å²) in [5.74, 6) is 0.678. The largest absolute Gasteiger partial charge is 0.352 e. The zero-order valence-corrected chi connectivity index (χ0v) is 11.7. The summed E-state index contributed by atoms with van der Waals surface area (Å²) in [5.41, 5.74) is 6.09. The Labute approximate surface area is 108 Å². The van der Waals surface area contributed by atoms with Crippen LogP contribution in [-0.4, -0.2) is 38.4 Å². The number of fused-ring (bicyclic) bond motifs is 2. The zero-order valence-electron chi connectivity index (χ0n) is 10.9. The minimum atomic E-state index is -3.06. The van der Waals surface area contributed by atoms with Crippen molar-refractivity contribution in [2.24, 2.45) is 23.5 Å². The molecular weight excluding hydrogens is 252 g/mol. The molecule has 0 heterocycles. The molecule has 2 aliphatic rings. The van der Waals surface area contributed by atoms with Crippen LogP contribution in [0.2, 0.25) is 0 Å². The molecule has 18 heavy (non-hydrogen) atoms. The van der Waals surface area contributed by atoms with E-state index >= 15 is 0 Å². The van der Waals surface area contributed by atoms with E-state index in [0.717, 1.165) is 19.3 Å². The Balaban J connectivity index is 1.92. The number of nitrogens with two attached hydrogens (primary N) is 1. The minimum Gasteiger partial charge on any atom is -0.352 e. The van der Waals surface area contributed by atoms with Crippen molar-refractivity contribution in [1.82, 2.24) is 5.32 Å². The van der Waals surface area contributed by atoms with Gasteiger partial charge in [-0.1, -0.05) is 0 Å². The fraction of sp³-hybridized carbons (Fsp3) is 0.917. The Hall–Kier alpha value is -0.620. The highest BCUT2D eigenvalue weighted by atomic mass is 32.2. The van der Waals surface area contributed by atoms with Crippen LogP contribution in [0.4, 0.5) is 0 Å². The van der Waals surface area contributed by atoms with Crippen LogP contribution in [0.3, 0.4) is 0 Å². The SMILES string of the molecule is CC(CS(C)(=O)=O)NC(=O)C1C2CCC(C2)C1N. The first-order valence-corrected chi connectivity index (χ1v) is 8.57. The summed E-state index contributed by atoms with van der Waals surface area (Å²) in [7, 11) is -3.06. The summed E-state index contributed by atoms with van der Waals surface area (Å²) in [6.07, 6.45) is 4.45. The molecule has 5 atom stereocenters. The van der Waals surface area contributed by atoms with Crippen molar-refractivity contribution >= 4 is 15.7 Å². The van der Waals surface area contributed by atoms with Gasteiger partial charge in [0, 0.05) is 18.3 Å². The molecule has 0 aromatic heterocycles. The summed E-state index contributed by atoms with van der Waals surface area (Å²) >= 11 is 0. The molecule has 2 fully saturated rings. The molecule has 0 saturated heterocycles. The van der Waals surface area contributed by atoms with Crippen molar-refractivity contribution in [3.05, 3.63) is 0 Å². The Bertz CT molecular complexity index is 433. The average Bonchev–Trinajstić information content (AvgIpc) is 2.73. The maximum Gasteiger partial charge on any atom is 0.225 e. The van der Waals surface area contributed by atoms with Crippen molar-refractivity contribution in [3.63, 3.8) is 0 Å². The number of carbonyl (C=O) groups is 1. The van der Waals surface area contributed by atoms with Gasteiger partial charge in [-0.25, -0.2) is 8.42 Å². The molecule has 104 valence electrons. The second-order valence-corrected chi connectivity index (χ2v) is 8.12. The molecule has 2 aliphatic carbocycles. The van der Waals surface area contributed by atoms with Gasteiger partial charge in [0.25, 0.3) is 0 Å². The Morgan fingerprint density at radius 1 is 1.39 bits per heavy atom. The summed E-state index contributed by atoms with van der Waals surface area (Å²) in [4.78, 5) is 12.2. The highest BCUT2D eigenvalue weighted by Crippen LogP contribution is 2.47. The maximum atomic E-state index is 12.2. The predicted molar refractivity (Wildman–Crippen MR) is 69.6 cm³/mol. The molecule has 2 bridgehead atoms. The molecule has 1 amide bonds. The van der Waals surface area contributed by atoms with E-state index in [1.165, 1.54) is 6.26 Å². The zero-order chi connectivity index (χ0) is 13.5. The molecule has 5 unspecified atom stereocenters. The number of amides is 1. The normalized spacial score (nSPS) is 36.6. The molecule has 0 aliphatic heterocycles. The molecule has 5 nitrogen and oxygen atoms in total. The second-order valence-electron chi connectivity index (χ2n) is 5.94. The fourth-order valence-corrected chi connectivity index (χ4v) is 4.55. The monoisotopic (exact) mass is 274 g/mol. The topological polar surface area (TPSA) is 89.3 Å². The van der Waals surface area contributed by atoms with Gasteiger partial charge < -0.3 is 11.1 Å². The number of carbonyl (C=O) groups excluding carboxylic acids is 1. The number of rotatable bonds is 4. The summed E-state index contributed by atoms with van der Waals surface area (Å²) in [6.45, 7) is 1.72. The standard InChI is InChI=1S/C12H22N2O3S/c1-7(6-18(2,16)17)14-12(15)10-8-3-4-9(5-8)11(10)13/h7-11H,3-6,13H2,1-2H3,(H,14,15). The van der Waals surface area contributed by atoms with E-state index in [2.05, 4.69) is 5.32 Å². The van der Waals surface area contributed by atoms with Crippen LogP contribution in [0.15, 0.2) is 0 Å². The first-order chi connectivity index (χ1) is 8.28. The van der Waals surface area contributed by atoms with Gasteiger partial charge in [-0.2, -0.15) is 0 Å². The van der Waals surface area contributed by atoms with Gasteiger partial charge in [0.15, 0.2) is 0 Å². The van der Waals surface area contributed by atoms with Crippen LogP contribution in [0.5, 0.6) is 0 Å². The third kappa shape index (κ3) is 2.85. The highest BCUT2D eigenvalue weighted by molar-refractivity contribution is 7.90. The van der Waals surface area contributed by atoms with Crippen molar-refractivity contribution in [3.8, 4) is 0 Å². The van der Waals surface area contributed by atoms with Crippen molar-refractivity contribution in [2.45, 2.75) is 38.3 Å². The van der Waals surface area contributed by atoms with Crippen molar-refractivity contribution in [1.29, 1.82) is 0 Å². The first-order valence-electron chi connectivity index (χ1n) is 6.51. The first kappa shape index (κ1) is 13.8. The van der Waals surface area contributed by atoms with Crippen LogP contribution < -0.4 is 11.1 Å². The van der Waals surface area contributed by atoms with Gasteiger partial charge in [-0.15, -0.1) is 0 Å². The van der Waals surface area contributed by atoms with Crippen LogP contribution >= 0.6 is 0 Å². The quantitative estimate of drug-likeness (QED) is 0.749. The molecule has 2 saturated carbocycles. The van der Waals surface area contributed by atoms with Gasteiger partial charge in [0.1, 0.15) is 9.84 Å². The number of nitrogens with one attached hydrogen (secondary N) is 1. The smallest absolute Gasteiger partial charge is 0.225 e. The molecule has 0 aromatic rings. The maximum absolute atomic E-state index is 12.2. The van der Waals surface area contributed by atoms with E-state index in [9.17, 15) is 13.2 Å². The number of hydrogen-bond donors (Lipinski definition) is 2. The number of sulfone groups is 1. The molecule has 0 radical (unpaired) electrons. The predicted octanol–water partition coefficient (Wildman–Crippen LogP) is -0.0909. The molecule has 6 heteroatoms. The molecule has 2 rings (SSSR count). The highest BCUT2D eigenvalue weighted by Gasteiger charge is 2.49. The van der Waals surface area contributed by atoms with E-state index in [1.807, 2.05) is 0 Å². The summed E-state index contributed by atoms with van der Waals surface area (Å²) in [5, 5.41) is 2.80. The van der Waals surface area contributed by atoms with Crippen LogP contribution in [0, 0.1) is 17.8 Å². The number of hydrogen-bond acceptors (Lipinski definition) is 4. The van der Waals surface area contributed by atoms with Crippen molar-refractivity contribution < 1.29 is 13.2 Å². The third-order valence-electron chi connectivity index (χ3n) is 4.22. The molecule has 0 aromatic carbocycles. The van der Waals surface area contributed by atoms with Crippen LogP contribution in [-0.2, 0) is 14.6 Å². The summed E-state index contributed by atoms with van der Waals surface area (Å²) < 4.78 is 22.3. The lowest BCUT2D eigenvalue weighted by molar-refractivity contribution is -0.127. The van der Waals surface area contributed by atoms with E-state index in [4.69, 9.17) is 5.73 Å². The lowest BCUT2D eigenvalue weighted by Gasteiger charge is -2.28. The van der Waals surface area contributed by atoms with E-state index < -0.39 is 9.84 Å². The Morgan fingerprint density at radius 2 is 2.00 bits per heavy atom. The Morgan fingerprint density at radius 3 is 2.50 bits per heavy atom. The third-order valence-corrected chi connectivity index (χ3v) is 5.33. The molecular formula is C12H22N2O3S. The van der Waals surface area contributed by atoms with Crippen LogP contribution in [0.25, 0.3) is 0 Å². The van der Waals surface area contributed by atoms with E-state index in [1.54, 1.807) is 6.92 Å². The molecule has 0 spiro atoms. The lowest BCUT2D eigenvalue weighted by atomic mass is 9.84. The lowest BCUT2D eigenvalue weighted by Crippen LogP contribution is -2.48. The Kier molecular flexibility index (Phi) is 3.69. The average molecular weight is 274 g/mol. The minimum absolute atomic E-state index is 0.0191. The van der Waals surface area contributed by atoms with E-state index in [-0.39, 0.29) is 29.7 Å². The van der Waals surface area contributed by atoms with Gasteiger partial charge >= 0.3 is 0 Å². The van der Waals surface area contributed by atoms with Crippen molar-refractivity contribution in [2.75, 3.05) is 12.0 Å².